The van der Waals surface area contributed by atoms with Crippen LogP contribution in [-0.4, -0.2) is 37.2 Å². The van der Waals surface area contributed by atoms with Crippen LogP contribution in [0.3, 0.4) is 0 Å². The van der Waals surface area contributed by atoms with Crippen molar-refractivity contribution in [3.8, 4) is 0 Å². The van der Waals surface area contributed by atoms with Gasteiger partial charge in [0, 0.05) is 19.3 Å². The fourth-order valence-corrected chi connectivity index (χ4v) is 9.96. The van der Waals surface area contributed by atoms with Gasteiger partial charge in [-0.05, 0) is 109 Å². The molecule has 0 N–H and O–H groups in total. The lowest BCUT2D eigenvalue weighted by Gasteiger charge is -2.18. The molecule has 1 unspecified atom stereocenters. The predicted molar refractivity (Wildman–Crippen MR) is 344 cm³/mol. The highest BCUT2D eigenvalue weighted by Crippen LogP contribution is 2.17. The van der Waals surface area contributed by atoms with Crippen molar-refractivity contribution in [3.63, 3.8) is 0 Å². The Morgan fingerprint density at radius 3 is 0.747 bits per heavy atom. The number of allylic oxidation sites excluding steroid dienone is 12. The lowest BCUT2D eigenvalue weighted by atomic mass is 10.0. The van der Waals surface area contributed by atoms with Crippen molar-refractivity contribution >= 4 is 17.9 Å². The van der Waals surface area contributed by atoms with E-state index in [2.05, 4.69) is 93.7 Å². The van der Waals surface area contributed by atoms with Gasteiger partial charge in [-0.1, -0.05) is 299 Å². The minimum Gasteiger partial charge on any atom is -0.462 e. The molecule has 0 spiro atoms. The third kappa shape index (κ3) is 65.5. The molecule has 79 heavy (non-hydrogen) atoms. The molecule has 0 bridgehead atoms. The maximum absolute atomic E-state index is 12.9. The number of rotatable bonds is 63. The second kappa shape index (κ2) is 67.4. The van der Waals surface area contributed by atoms with E-state index >= 15 is 0 Å². The Bertz CT molecular complexity index is 1450. The lowest BCUT2D eigenvalue weighted by molar-refractivity contribution is -0.167. The van der Waals surface area contributed by atoms with Crippen LogP contribution in [-0.2, 0) is 28.6 Å². The molecule has 0 heterocycles. The first-order valence-corrected chi connectivity index (χ1v) is 34.4. The number of carbonyl (C=O) groups excluding carboxylic acids is 3. The molecule has 1 atom stereocenters. The molecule has 0 fully saturated rings. The van der Waals surface area contributed by atoms with Gasteiger partial charge in [-0.2, -0.15) is 0 Å². The Balaban J connectivity index is 4.28. The van der Waals surface area contributed by atoms with Gasteiger partial charge in [-0.25, -0.2) is 0 Å². The zero-order valence-electron chi connectivity index (χ0n) is 52.6. The SMILES string of the molecule is CCC/C=C\C/C=C\CCCCCCCC(=O)OCC(COC(=O)CCCCCCCCCCCCCCC/C=C\C/C=C\CCCCCCC)OC(=O)CCCCCCCCCCCCC/C=C\C/C=C\CCCCCCC. The molecule has 6 nitrogen and oxygen atoms in total. The van der Waals surface area contributed by atoms with E-state index in [1.165, 1.54) is 218 Å². The zero-order chi connectivity index (χ0) is 57.1. The van der Waals surface area contributed by atoms with Crippen LogP contribution in [0.15, 0.2) is 72.9 Å². The van der Waals surface area contributed by atoms with E-state index in [1.54, 1.807) is 0 Å². The van der Waals surface area contributed by atoms with E-state index in [1.807, 2.05) is 0 Å². The molecule has 0 rings (SSSR count). The quantitative estimate of drug-likeness (QED) is 0.0261. The summed E-state index contributed by atoms with van der Waals surface area (Å²) in [6, 6.07) is 0. The minimum absolute atomic E-state index is 0.0790. The molecule has 0 saturated heterocycles. The Hall–Kier alpha value is -3.15. The molecular formula is C73H130O6. The maximum atomic E-state index is 12.9. The fourth-order valence-electron chi connectivity index (χ4n) is 9.96. The van der Waals surface area contributed by atoms with E-state index in [9.17, 15) is 14.4 Å². The second-order valence-electron chi connectivity index (χ2n) is 23.1. The Morgan fingerprint density at radius 1 is 0.253 bits per heavy atom. The second-order valence-corrected chi connectivity index (χ2v) is 23.1. The molecule has 0 aromatic heterocycles. The standard InChI is InChI=1S/C73H130O6/c1-4-7-10-13-16-19-22-25-27-29-31-33-35-36-38-39-41-43-45-48-51-54-57-60-63-66-72(75)78-69-70(68-77-71(74)65-62-59-56-53-50-47-24-21-18-15-12-9-6-3)79-73(76)67-64-61-58-55-52-49-46-44-42-40-37-34-32-30-28-26-23-20-17-14-11-8-5-2/h12,15,21-26,29-32,70H,4-11,13-14,16-20,27-28,33-69H2,1-3H3/b15-12-,24-21-,25-22-,26-23-,31-29-,32-30-. The lowest BCUT2D eigenvalue weighted by Crippen LogP contribution is -2.30. The highest BCUT2D eigenvalue weighted by atomic mass is 16.6. The van der Waals surface area contributed by atoms with Crippen molar-refractivity contribution in [1.29, 1.82) is 0 Å². The Kier molecular flexibility index (Phi) is 64.7. The van der Waals surface area contributed by atoms with Crippen LogP contribution in [0.25, 0.3) is 0 Å². The summed E-state index contributed by atoms with van der Waals surface area (Å²) in [4.78, 5) is 38.4. The first-order valence-electron chi connectivity index (χ1n) is 34.4. The van der Waals surface area contributed by atoms with Crippen LogP contribution in [0, 0.1) is 0 Å². The summed E-state index contributed by atoms with van der Waals surface area (Å²) >= 11 is 0. The first-order chi connectivity index (χ1) is 39.0. The number of esters is 3. The topological polar surface area (TPSA) is 78.9 Å². The van der Waals surface area contributed by atoms with E-state index in [0.29, 0.717) is 19.3 Å². The van der Waals surface area contributed by atoms with Gasteiger partial charge in [0.1, 0.15) is 13.2 Å². The summed E-state index contributed by atoms with van der Waals surface area (Å²) in [7, 11) is 0. The van der Waals surface area contributed by atoms with Gasteiger partial charge in [0.25, 0.3) is 0 Å². The van der Waals surface area contributed by atoms with Crippen LogP contribution in [0.2, 0.25) is 0 Å². The van der Waals surface area contributed by atoms with Gasteiger partial charge in [-0.15, -0.1) is 0 Å². The molecule has 6 heteroatoms. The number of ether oxygens (including phenoxy) is 3. The highest BCUT2D eigenvalue weighted by molar-refractivity contribution is 5.71. The summed E-state index contributed by atoms with van der Waals surface area (Å²) < 4.78 is 17.0. The number of unbranched alkanes of at least 4 members (excludes halogenated alkanes) is 40. The van der Waals surface area contributed by atoms with Crippen LogP contribution in [0.1, 0.15) is 355 Å². The average Bonchev–Trinajstić information content (AvgIpc) is 3.45. The zero-order valence-corrected chi connectivity index (χ0v) is 52.6. The predicted octanol–water partition coefficient (Wildman–Crippen LogP) is 23.7. The van der Waals surface area contributed by atoms with Crippen molar-refractivity contribution in [3.05, 3.63) is 72.9 Å². The summed E-state index contributed by atoms with van der Waals surface area (Å²) in [5.41, 5.74) is 0. The highest BCUT2D eigenvalue weighted by Gasteiger charge is 2.19. The fraction of sp³-hybridized carbons (Fsp3) is 0.795. The molecule has 0 saturated carbocycles. The summed E-state index contributed by atoms with van der Waals surface area (Å²) in [6.07, 6.45) is 87.8. The summed E-state index contributed by atoms with van der Waals surface area (Å²) in [6.45, 7) is 6.59. The van der Waals surface area contributed by atoms with Crippen LogP contribution < -0.4 is 0 Å². The first kappa shape index (κ1) is 75.8. The molecule has 0 aromatic rings. The smallest absolute Gasteiger partial charge is 0.306 e. The van der Waals surface area contributed by atoms with Crippen LogP contribution in [0.4, 0.5) is 0 Å². The third-order valence-electron chi connectivity index (χ3n) is 15.1. The molecule has 0 amide bonds. The van der Waals surface area contributed by atoms with Crippen molar-refractivity contribution in [2.75, 3.05) is 13.2 Å². The monoisotopic (exact) mass is 1100 g/mol. The van der Waals surface area contributed by atoms with Crippen molar-refractivity contribution in [2.24, 2.45) is 0 Å². The number of hydrogen-bond donors (Lipinski definition) is 0. The van der Waals surface area contributed by atoms with E-state index in [4.69, 9.17) is 14.2 Å². The Labute approximate surface area is 491 Å². The minimum atomic E-state index is -0.784. The third-order valence-corrected chi connectivity index (χ3v) is 15.1. The van der Waals surface area contributed by atoms with E-state index in [-0.39, 0.29) is 31.1 Å². The summed E-state index contributed by atoms with van der Waals surface area (Å²) in [5.74, 6) is -0.879. The molecule has 458 valence electrons. The van der Waals surface area contributed by atoms with Gasteiger partial charge in [0.05, 0.1) is 0 Å². The Morgan fingerprint density at radius 2 is 0.481 bits per heavy atom. The molecule has 0 radical (unpaired) electrons. The van der Waals surface area contributed by atoms with Gasteiger partial charge in [0.15, 0.2) is 6.10 Å². The van der Waals surface area contributed by atoms with Crippen molar-refractivity contribution < 1.29 is 28.6 Å². The maximum Gasteiger partial charge on any atom is 0.306 e. The van der Waals surface area contributed by atoms with Gasteiger partial charge in [0.2, 0.25) is 0 Å². The van der Waals surface area contributed by atoms with Crippen molar-refractivity contribution in [2.45, 2.75) is 361 Å². The number of hydrogen-bond acceptors (Lipinski definition) is 6. The van der Waals surface area contributed by atoms with Gasteiger partial charge in [-0.3, -0.25) is 14.4 Å². The summed E-state index contributed by atoms with van der Waals surface area (Å²) in [5, 5.41) is 0. The number of carbonyl (C=O) groups is 3. The largest absolute Gasteiger partial charge is 0.462 e. The molecule has 0 aromatic carbocycles. The van der Waals surface area contributed by atoms with Gasteiger partial charge < -0.3 is 14.2 Å². The molecule has 0 aliphatic rings. The molecular weight excluding hydrogens is 973 g/mol. The van der Waals surface area contributed by atoms with Crippen LogP contribution in [0.5, 0.6) is 0 Å². The average molecular weight is 1100 g/mol. The molecule has 0 aliphatic heterocycles. The normalized spacial score (nSPS) is 12.5. The molecule has 0 aliphatic carbocycles. The van der Waals surface area contributed by atoms with Gasteiger partial charge >= 0.3 is 17.9 Å². The van der Waals surface area contributed by atoms with E-state index in [0.717, 1.165) is 96.3 Å². The van der Waals surface area contributed by atoms with Crippen LogP contribution >= 0.6 is 0 Å². The van der Waals surface area contributed by atoms with Crippen molar-refractivity contribution in [1.82, 2.24) is 0 Å². The van der Waals surface area contributed by atoms with E-state index < -0.39 is 6.10 Å².